The van der Waals surface area contributed by atoms with Crippen molar-refractivity contribution in [2.24, 2.45) is 0 Å². The molecule has 0 aromatic heterocycles. The molecule has 0 aliphatic rings. The second kappa shape index (κ2) is 11.1. The van der Waals surface area contributed by atoms with E-state index < -0.39 is 7.82 Å². The van der Waals surface area contributed by atoms with E-state index in [-0.39, 0.29) is 112 Å². The zero-order valence-corrected chi connectivity index (χ0v) is 17.7. The first kappa shape index (κ1) is 21.7. The number of rotatable bonds is 5. The van der Waals surface area contributed by atoms with E-state index in [1.54, 1.807) is 25.1 Å². The van der Waals surface area contributed by atoms with Gasteiger partial charge in [-0.2, -0.15) is 0 Å². The number of aryl methyl sites for hydroxylation is 1. The molecule has 8 heteroatoms. The predicted octanol–water partition coefficient (Wildman–Crippen LogP) is -3.32. The Balaban J connectivity index is -0.000000281. The molecule has 0 aliphatic carbocycles. The van der Waals surface area contributed by atoms with Crippen LogP contribution in [0.15, 0.2) is 24.3 Å². The summed E-state index contributed by atoms with van der Waals surface area (Å²) in [5.74, 6) is 0.351. The number of phosphoric acid groups is 1. The van der Waals surface area contributed by atoms with Crippen molar-refractivity contribution in [3.8, 4) is 5.75 Å². The Morgan fingerprint density at radius 3 is 2.59 bits per heavy atom. The molecule has 0 saturated carbocycles. The molecule has 17 heavy (non-hydrogen) atoms. The van der Waals surface area contributed by atoms with E-state index in [1.165, 1.54) is 0 Å². The van der Waals surface area contributed by atoms with Gasteiger partial charge in [0.05, 0.1) is 6.61 Å². The van der Waals surface area contributed by atoms with Gasteiger partial charge in [-0.1, -0.05) is 16.8 Å². The van der Waals surface area contributed by atoms with Crippen molar-refractivity contribution in [2.75, 3.05) is 6.61 Å². The van der Waals surface area contributed by atoms with Gasteiger partial charge in [-0.3, -0.25) is 4.52 Å². The van der Waals surface area contributed by atoms with Crippen LogP contribution in [0, 0.1) is 6.92 Å². The van der Waals surface area contributed by atoms with Crippen LogP contribution in [0.1, 0.15) is 15.3 Å². The maximum Gasteiger partial charge on any atom is 1.00 e. The van der Waals surface area contributed by atoms with E-state index in [0.29, 0.717) is 5.75 Å². The summed E-state index contributed by atoms with van der Waals surface area (Å²) in [4.78, 5) is 13.7. The molecule has 88 valence electrons. The molecule has 1 aromatic carbocycles. The van der Waals surface area contributed by atoms with E-state index in [0.717, 1.165) is 5.56 Å². The third-order valence-electron chi connectivity index (χ3n) is 1.51. The molecule has 0 amide bonds. The van der Waals surface area contributed by atoms with E-state index in [1.807, 2.05) is 13.0 Å². The molecule has 0 heterocycles. The van der Waals surface area contributed by atoms with Gasteiger partial charge in [0, 0.05) is 0 Å². The molecule has 1 rings (SSSR count). The van der Waals surface area contributed by atoms with Crippen molar-refractivity contribution in [2.45, 2.75) is 13.8 Å². The maximum atomic E-state index is 11.1. The molecule has 1 N–H and O–H groups in total. The van der Waals surface area contributed by atoms with Gasteiger partial charge in [0.2, 0.25) is 0 Å². The fourth-order valence-electron chi connectivity index (χ4n) is 0.942. The van der Waals surface area contributed by atoms with Crippen LogP contribution in [0.3, 0.4) is 0 Å². The van der Waals surface area contributed by atoms with Gasteiger partial charge in [0.15, 0.2) is 5.75 Å². The zero-order chi connectivity index (χ0) is 11.3. The molecule has 1 atom stereocenters. The van der Waals surface area contributed by atoms with Crippen molar-refractivity contribution in [1.82, 2.24) is 0 Å². The summed E-state index contributed by atoms with van der Waals surface area (Å²) in [6.45, 7) is 3.53. The summed E-state index contributed by atoms with van der Waals surface area (Å²) in [5, 5.41) is 0. The normalized spacial score (nSPS) is 12.9. The second-order valence-electron chi connectivity index (χ2n) is 2.86. The minimum absolute atomic E-state index is 0. The van der Waals surface area contributed by atoms with Crippen LogP contribution in [0.5, 0.6) is 5.75 Å². The van der Waals surface area contributed by atoms with Crippen LogP contribution in [0.25, 0.3) is 0 Å². The summed E-state index contributed by atoms with van der Waals surface area (Å²) in [6, 6.07) is 6.90. The maximum absolute atomic E-state index is 11.1. The summed E-state index contributed by atoms with van der Waals surface area (Å²) >= 11 is 0. The average molecular weight is 312 g/mol. The molecule has 1 unspecified atom stereocenters. The molecule has 1 aromatic rings. The van der Waals surface area contributed by atoms with Gasteiger partial charge in [0.1, 0.15) is 0 Å². The topological polar surface area (TPSA) is 65.0 Å². The van der Waals surface area contributed by atoms with Crippen molar-refractivity contribution in [1.29, 1.82) is 0 Å². The van der Waals surface area contributed by atoms with E-state index in [9.17, 15) is 4.57 Å². The second-order valence-corrected chi connectivity index (χ2v) is 4.21. The van der Waals surface area contributed by atoms with Crippen LogP contribution in [-0.2, 0) is 13.8 Å². The van der Waals surface area contributed by atoms with Gasteiger partial charge < -0.3 is 12.6 Å². The summed E-state index contributed by atoms with van der Waals surface area (Å²) < 4.78 is 19.8. The smallest absolute Gasteiger partial charge is 1.00 e. The molecular formula is C9H15K2O5P. The number of hydrogen-bond donors (Lipinski definition) is 1. The molecular weight excluding hydrogens is 297 g/mol. The Kier molecular flexibility index (Phi) is 14.2. The monoisotopic (exact) mass is 312 g/mol. The Labute approximate surface area is 189 Å². The number of hydrogen-bond acceptors (Lipinski definition) is 4. The van der Waals surface area contributed by atoms with Crippen molar-refractivity contribution in [3.05, 3.63) is 29.8 Å². The zero-order valence-electron chi connectivity index (χ0n) is 12.5. The first-order valence-electron chi connectivity index (χ1n) is 4.44. The SMILES string of the molecule is CCOP(=O)(O)OOc1cccc(C)c1.[H-].[H-].[K+].[K+]. The third kappa shape index (κ3) is 9.87. The van der Waals surface area contributed by atoms with Crippen molar-refractivity contribution < 1.29 is 129 Å². The van der Waals surface area contributed by atoms with Crippen molar-refractivity contribution >= 4 is 7.82 Å². The molecule has 5 nitrogen and oxygen atoms in total. The van der Waals surface area contributed by atoms with E-state index in [2.05, 4.69) is 14.1 Å². The minimum atomic E-state index is -4.10. The molecule has 0 aliphatic heterocycles. The molecule has 0 spiro atoms. The molecule has 0 bridgehead atoms. The standard InChI is InChI=1S/C9H13O5P.2K.2H/c1-3-12-15(10,11)14-13-9-6-4-5-8(2)7-9;;;;/h4-7H,3H2,1-2H3,(H,10,11);;;;/q;2*+1;2*-1. The Morgan fingerprint density at radius 2 is 2.06 bits per heavy atom. The van der Waals surface area contributed by atoms with Crippen molar-refractivity contribution in [3.63, 3.8) is 0 Å². The predicted molar refractivity (Wildman–Crippen MR) is 56.6 cm³/mol. The van der Waals surface area contributed by atoms with E-state index >= 15 is 0 Å². The Hall–Kier alpha value is 2.40. The third-order valence-corrected chi connectivity index (χ3v) is 2.36. The molecule has 0 fully saturated rings. The molecule has 0 saturated heterocycles. The summed E-state index contributed by atoms with van der Waals surface area (Å²) in [7, 11) is -4.10. The quantitative estimate of drug-likeness (QED) is 0.267. The van der Waals surface area contributed by atoms with Gasteiger partial charge in [-0.25, -0.2) is 4.57 Å². The number of benzene rings is 1. The first-order chi connectivity index (χ1) is 7.03. The van der Waals surface area contributed by atoms with Crippen LogP contribution in [0.2, 0.25) is 0 Å². The minimum Gasteiger partial charge on any atom is -1.00 e. The summed E-state index contributed by atoms with van der Waals surface area (Å²) in [5.41, 5.74) is 0.959. The Morgan fingerprint density at radius 1 is 1.41 bits per heavy atom. The van der Waals surface area contributed by atoms with Gasteiger partial charge in [0.25, 0.3) is 0 Å². The van der Waals surface area contributed by atoms with Crippen LogP contribution in [0.4, 0.5) is 0 Å². The van der Waals surface area contributed by atoms with Crippen LogP contribution in [-0.4, -0.2) is 11.5 Å². The fourth-order valence-corrected chi connectivity index (χ4v) is 1.49. The van der Waals surface area contributed by atoms with Crippen LogP contribution >= 0.6 is 7.82 Å². The molecule has 0 radical (unpaired) electrons. The largest absolute Gasteiger partial charge is 1.00 e. The number of phosphoric ester groups is 1. The van der Waals surface area contributed by atoms with Gasteiger partial charge in [-0.15, -0.1) is 0 Å². The summed E-state index contributed by atoms with van der Waals surface area (Å²) in [6.07, 6.45) is 0. The first-order valence-corrected chi connectivity index (χ1v) is 5.93. The van der Waals surface area contributed by atoms with Gasteiger partial charge >= 0.3 is 111 Å². The van der Waals surface area contributed by atoms with Crippen LogP contribution < -0.4 is 108 Å². The van der Waals surface area contributed by atoms with E-state index in [4.69, 9.17) is 4.89 Å². The Bertz CT molecular complexity index is 383. The van der Waals surface area contributed by atoms with Gasteiger partial charge in [-0.05, 0) is 31.5 Å². The average Bonchev–Trinajstić information content (AvgIpc) is 2.15. The fraction of sp³-hybridized carbons (Fsp3) is 0.333.